The van der Waals surface area contributed by atoms with Gasteiger partial charge in [0.2, 0.25) is 0 Å². The van der Waals surface area contributed by atoms with Gasteiger partial charge in [0.25, 0.3) is 0 Å². The van der Waals surface area contributed by atoms with Gasteiger partial charge in [-0.05, 0) is 50.5 Å². The van der Waals surface area contributed by atoms with E-state index in [4.69, 9.17) is 9.73 Å². The molecule has 31 heavy (non-hydrogen) atoms. The van der Waals surface area contributed by atoms with Gasteiger partial charge in [0, 0.05) is 32.6 Å². The number of ether oxygens (including phenoxy) is 1. The SMILES string of the molecule is CCNC(=NCCCc1nnc(SC)n1CC(C)C)NCCc1cc(C)ccc1OC. The van der Waals surface area contributed by atoms with Crippen LogP contribution < -0.4 is 15.4 Å². The van der Waals surface area contributed by atoms with Gasteiger partial charge >= 0.3 is 0 Å². The summed E-state index contributed by atoms with van der Waals surface area (Å²) >= 11 is 1.65. The minimum absolute atomic E-state index is 0.565. The van der Waals surface area contributed by atoms with Gasteiger partial charge in [-0.2, -0.15) is 0 Å². The fourth-order valence-corrected chi connectivity index (χ4v) is 3.91. The fraction of sp³-hybridized carbons (Fsp3) is 0.609. The highest BCUT2D eigenvalue weighted by molar-refractivity contribution is 7.98. The van der Waals surface area contributed by atoms with E-state index in [1.807, 2.05) is 6.07 Å². The van der Waals surface area contributed by atoms with Crippen molar-refractivity contribution in [1.82, 2.24) is 25.4 Å². The van der Waals surface area contributed by atoms with Crippen molar-refractivity contribution in [1.29, 1.82) is 0 Å². The summed E-state index contributed by atoms with van der Waals surface area (Å²) in [6, 6.07) is 6.29. The molecule has 2 aromatic rings. The summed E-state index contributed by atoms with van der Waals surface area (Å²) in [6.45, 7) is 12.0. The van der Waals surface area contributed by atoms with Gasteiger partial charge in [-0.25, -0.2) is 0 Å². The predicted molar refractivity (Wildman–Crippen MR) is 130 cm³/mol. The third-order valence-corrected chi connectivity index (χ3v) is 5.49. The molecule has 1 heterocycles. The van der Waals surface area contributed by atoms with Crippen LogP contribution in [0.1, 0.15) is 44.1 Å². The molecule has 2 N–H and O–H groups in total. The molecule has 0 bridgehead atoms. The summed E-state index contributed by atoms with van der Waals surface area (Å²) in [4.78, 5) is 4.74. The van der Waals surface area contributed by atoms with Crippen LogP contribution in [0.25, 0.3) is 0 Å². The minimum atomic E-state index is 0.565. The third kappa shape index (κ3) is 8.09. The molecule has 0 aliphatic carbocycles. The molecule has 0 radical (unpaired) electrons. The molecule has 0 spiro atoms. The van der Waals surface area contributed by atoms with E-state index < -0.39 is 0 Å². The first-order valence-electron chi connectivity index (χ1n) is 11.1. The zero-order valence-electron chi connectivity index (χ0n) is 19.9. The second kappa shape index (κ2) is 13.2. The van der Waals surface area contributed by atoms with Crippen LogP contribution in [0.15, 0.2) is 28.3 Å². The van der Waals surface area contributed by atoms with Gasteiger partial charge < -0.3 is 19.9 Å². The monoisotopic (exact) mass is 446 g/mol. The maximum absolute atomic E-state index is 5.48. The van der Waals surface area contributed by atoms with Crippen LogP contribution in [-0.4, -0.2) is 53.7 Å². The first-order chi connectivity index (χ1) is 15.0. The Kier molecular flexibility index (Phi) is 10.7. The van der Waals surface area contributed by atoms with Crippen molar-refractivity contribution < 1.29 is 4.74 Å². The molecule has 1 aromatic heterocycles. The Bertz CT molecular complexity index is 833. The highest BCUT2D eigenvalue weighted by Crippen LogP contribution is 2.20. The Labute approximate surface area is 191 Å². The number of guanidine groups is 1. The fourth-order valence-electron chi connectivity index (χ4n) is 3.39. The Morgan fingerprint density at radius 1 is 1.23 bits per heavy atom. The molecule has 7 nitrogen and oxygen atoms in total. The molecule has 0 aliphatic heterocycles. The Morgan fingerprint density at radius 2 is 2.03 bits per heavy atom. The average Bonchev–Trinajstić information content (AvgIpc) is 3.12. The Morgan fingerprint density at radius 3 is 2.71 bits per heavy atom. The van der Waals surface area contributed by atoms with E-state index in [-0.39, 0.29) is 0 Å². The second-order valence-corrected chi connectivity index (χ2v) is 8.74. The summed E-state index contributed by atoms with van der Waals surface area (Å²) in [6.07, 6.45) is 4.75. The molecule has 0 unspecified atom stereocenters. The standard InChI is InChI=1S/C23H38N6OS/c1-7-24-22(26-14-12-19-15-18(4)10-11-20(19)30-5)25-13-8-9-21-27-28-23(31-6)29(21)16-17(2)3/h10-11,15,17H,7-9,12-14,16H2,1-6H3,(H2,24,25,26). The zero-order chi connectivity index (χ0) is 22.6. The van der Waals surface area contributed by atoms with Crippen molar-refractivity contribution in [2.75, 3.05) is 33.0 Å². The third-order valence-electron chi connectivity index (χ3n) is 4.82. The van der Waals surface area contributed by atoms with Crippen molar-refractivity contribution in [3.63, 3.8) is 0 Å². The molecule has 0 atom stereocenters. The van der Waals surface area contributed by atoms with Crippen LogP contribution in [-0.2, 0) is 19.4 Å². The summed E-state index contributed by atoms with van der Waals surface area (Å²) in [5.41, 5.74) is 2.45. The van der Waals surface area contributed by atoms with Crippen LogP contribution in [0, 0.1) is 12.8 Å². The Hall–Kier alpha value is -2.22. The molecular weight excluding hydrogens is 408 g/mol. The van der Waals surface area contributed by atoms with E-state index in [0.717, 1.165) is 68.1 Å². The van der Waals surface area contributed by atoms with Gasteiger partial charge in [0.15, 0.2) is 11.1 Å². The summed E-state index contributed by atoms with van der Waals surface area (Å²) in [5.74, 6) is 3.40. The molecule has 8 heteroatoms. The molecule has 172 valence electrons. The van der Waals surface area contributed by atoms with Crippen LogP contribution in [0.5, 0.6) is 5.75 Å². The van der Waals surface area contributed by atoms with E-state index in [1.54, 1.807) is 18.9 Å². The number of aromatic nitrogens is 3. The van der Waals surface area contributed by atoms with Crippen molar-refractivity contribution in [3.05, 3.63) is 35.2 Å². The number of methoxy groups -OCH3 is 1. The zero-order valence-corrected chi connectivity index (χ0v) is 20.7. The van der Waals surface area contributed by atoms with E-state index in [1.165, 1.54) is 11.1 Å². The highest BCUT2D eigenvalue weighted by atomic mass is 32.2. The number of thioether (sulfide) groups is 1. The van der Waals surface area contributed by atoms with Crippen LogP contribution in [0.2, 0.25) is 0 Å². The van der Waals surface area contributed by atoms with E-state index in [0.29, 0.717) is 5.92 Å². The van der Waals surface area contributed by atoms with E-state index >= 15 is 0 Å². The molecular formula is C23H38N6OS. The molecule has 0 saturated carbocycles. The van der Waals surface area contributed by atoms with Gasteiger partial charge in [0.1, 0.15) is 11.6 Å². The topological polar surface area (TPSA) is 76.4 Å². The maximum Gasteiger partial charge on any atom is 0.191 e. The molecule has 0 amide bonds. The summed E-state index contributed by atoms with van der Waals surface area (Å²) in [7, 11) is 1.72. The normalized spacial score (nSPS) is 11.8. The van der Waals surface area contributed by atoms with E-state index in [9.17, 15) is 0 Å². The van der Waals surface area contributed by atoms with Crippen LogP contribution >= 0.6 is 11.8 Å². The lowest BCUT2D eigenvalue weighted by Crippen LogP contribution is -2.38. The number of hydrogen-bond acceptors (Lipinski definition) is 5. The number of benzene rings is 1. The number of nitrogens with zero attached hydrogens (tertiary/aromatic N) is 4. The first kappa shape index (κ1) is 25.0. The maximum atomic E-state index is 5.48. The number of nitrogens with one attached hydrogen (secondary N) is 2. The number of aliphatic imine (C=N–C) groups is 1. The van der Waals surface area contributed by atoms with Gasteiger partial charge in [-0.1, -0.05) is 43.3 Å². The first-order valence-corrected chi connectivity index (χ1v) is 12.3. The molecule has 2 rings (SSSR count). The number of aryl methyl sites for hydroxylation is 2. The lowest BCUT2D eigenvalue weighted by molar-refractivity contribution is 0.409. The van der Waals surface area contributed by atoms with Crippen molar-refractivity contribution >= 4 is 17.7 Å². The van der Waals surface area contributed by atoms with Crippen molar-refractivity contribution in [3.8, 4) is 5.75 Å². The van der Waals surface area contributed by atoms with Gasteiger partial charge in [0.05, 0.1) is 7.11 Å². The molecule has 0 fully saturated rings. The van der Waals surface area contributed by atoms with Gasteiger partial charge in [-0.3, -0.25) is 4.99 Å². The quantitative estimate of drug-likeness (QED) is 0.224. The molecule has 0 aliphatic rings. The minimum Gasteiger partial charge on any atom is -0.496 e. The number of rotatable bonds is 12. The number of hydrogen-bond donors (Lipinski definition) is 2. The van der Waals surface area contributed by atoms with Crippen molar-refractivity contribution in [2.24, 2.45) is 10.9 Å². The van der Waals surface area contributed by atoms with Crippen LogP contribution in [0.3, 0.4) is 0 Å². The summed E-state index contributed by atoms with van der Waals surface area (Å²) < 4.78 is 7.73. The lowest BCUT2D eigenvalue weighted by atomic mass is 10.1. The highest BCUT2D eigenvalue weighted by Gasteiger charge is 2.12. The smallest absolute Gasteiger partial charge is 0.191 e. The van der Waals surface area contributed by atoms with Crippen molar-refractivity contribution in [2.45, 2.75) is 58.7 Å². The largest absolute Gasteiger partial charge is 0.496 e. The average molecular weight is 447 g/mol. The predicted octanol–water partition coefficient (Wildman–Crippen LogP) is 3.70. The molecule has 1 aromatic carbocycles. The Balaban J connectivity index is 1.88. The van der Waals surface area contributed by atoms with Gasteiger partial charge in [-0.15, -0.1) is 10.2 Å². The lowest BCUT2D eigenvalue weighted by Gasteiger charge is -2.13. The van der Waals surface area contributed by atoms with Crippen LogP contribution in [0.4, 0.5) is 0 Å². The molecule has 0 saturated heterocycles. The van der Waals surface area contributed by atoms with E-state index in [2.05, 4.69) is 71.5 Å². The summed E-state index contributed by atoms with van der Waals surface area (Å²) in [5, 5.41) is 16.5. The second-order valence-electron chi connectivity index (χ2n) is 7.96.